The van der Waals surface area contributed by atoms with E-state index in [0.29, 0.717) is 11.3 Å². The zero-order valence-electron chi connectivity index (χ0n) is 16.9. The Balaban J connectivity index is 1.76. The SMILES string of the molecule is COc1ccc(NC(=O)/C=C/c2ccc(C#N)cc2)cc1NS(=O)(=O)c1ccc(F)cc1. The Bertz CT molecular complexity index is 1300. The standard InChI is InChI=1S/C23H18FN3O4S/c1-31-22-12-9-19(26-23(28)13-6-16-2-4-17(15-25)5-3-16)14-21(22)27-32(29,30)20-10-7-18(24)8-11-20/h2-14,27H,1H3,(H,26,28)/b13-6+. The Morgan fingerprint density at radius 2 is 1.75 bits per heavy atom. The number of carbonyl (C=O) groups excluding carboxylic acids is 1. The topological polar surface area (TPSA) is 108 Å². The molecule has 0 aliphatic heterocycles. The van der Waals surface area contributed by atoms with Crippen molar-refractivity contribution in [3.8, 4) is 11.8 Å². The summed E-state index contributed by atoms with van der Waals surface area (Å²) in [5, 5.41) is 11.5. The number of amides is 1. The van der Waals surface area contributed by atoms with Crippen molar-refractivity contribution >= 4 is 33.4 Å². The lowest BCUT2D eigenvalue weighted by molar-refractivity contribution is -0.111. The second-order valence-electron chi connectivity index (χ2n) is 6.53. The normalized spacial score (nSPS) is 11.0. The van der Waals surface area contributed by atoms with Crippen LogP contribution in [0.5, 0.6) is 5.75 Å². The largest absolute Gasteiger partial charge is 0.495 e. The summed E-state index contributed by atoms with van der Waals surface area (Å²) in [4.78, 5) is 12.1. The quantitative estimate of drug-likeness (QED) is 0.525. The highest BCUT2D eigenvalue weighted by atomic mass is 32.2. The number of anilines is 2. The van der Waals surface area contributed by atoms with E-state index in [1.165, 1.54) is 25.3 Å². The third-order valence-corrected chi connectivity index (χ3v) is 5.68. The molecule has 0 saturated heterocycles. The van der Waals surface area contributed by atoms with Crippen molar-refractivity contribution in [2.24, 2.45) is 0 Å². The summed E-state index contributed by atoms with van der Waals surface area (Å²) in [5.41, 5.74) is 1.69. The van der Waals surface area contributed by atoms with Crippen LogP contribution in [0, 0.1) is 17.1 Å². The molecule has 0 aliphatic carbocycles. The van der Waals surface area contributed by atoms with Gasteiger partial charge in [0.2, 0.25) is 5.91 Å². The number of rotatable bonds is 7. The summed E-state index contributed by atoms with van der Waals surface area (Å²) in [6.07, 6.45) is 2.89. The van der Waals surface area contributed by atoms with Crippen molar-refractivity contribution < 1.29 is 22.3 Å². The van der Waals surface area contributed by atoms with Crippen molar-refractivity contribution in [3.05, 3.63) is 89.8 Å². The Hall–Kier alpha value is -4.16. The van der Waals surface area contributed by atoms with Gasteiger partial charge >= 0.3 is 0 Å². The zero-order chi connectivity index (χ0) is 23.1. The third kappa shape index (κ3) is 5.71. The zero-order valence-corrected chi connectivity index (χ0v) is 17.7. The molecular weight excluding hydrogens is 433 g/mol. The molecule has 0 spiro atoms. The summed E-state index contributed by atoms with van der Waals surface area (Å²) in [7, 11) is -2.63. The molecule has 0 atom stereocenters. The van der Waals surface area contributed by atoms with Gasteiger partial charge in [-0.05, 0) is 66.2 Å². The first-order valence-electron chi connectivity index (χ1n) is 9.26. The van der Waals surface area contributed by atoms with Crippen LogP contribution in [0.3, 0.4) is 0 Å². The highest BCUT2D eigenvalue weighted by molar-refractivity contribution is 7.92. The van der Waals surface area contributed by atoms with Gasteiger partial charge in [0.05, 0.1) is 29.3 Å². The van der Waals surface area contributed by atoms with E-state index in [9.17, 15) is 17.6 Å². The van der Waals surface area contributed by atoms with Crippen LogP contribution in [0.15, 0.2) is 77.7 Å². The lowest BCUT2D eigenvalue weighted by Gasteiger charge is -2.13. The maximum Gasteiger partial charge on any atom is 0.262 e. The van der Waals surface area contributed by atoms with Crippen molar-refractivity contribution in [3.63, 3.8) is 0 Å². The fourth-order valence-corrected chi connectivity index (χ4v) is 3.77. The van der Waals surface area contributed by atoms with Gasteiger partial charge in [-0.15, -0.1) is 0 Å². The molecule has 162 valence electrons. The molecule has 0 saturated carbocycles. The summed E-state index contributed by atoms with van der Waals surface area (Å²) in [6, 6.07) is 17.6. The van der Waals surface area contributed by atoms with Crippen LogP contribution in [0.25, 0.3) is 6.08 Å². The number of methoxy groups -OCH3 is 1. The molecule has 0 radical (unpaired) electrons. The van der Waals surface area contributed by atoms with Crippen molar-refractivity contribution in [1.82, 2.24) is 0 Å². The van der Waals surface area contributed by atoms with Crippen LogP contribution in [0.4, 0.5) is 15.8 Å². The molecule has 0 fully saturated rings. The van der Waals surface area contributed by atoms with Crippen molar-refractivity contribution in [2.75, 3.05) is 17.1 Å². The molecule has 2 N–H and O–H groups in total. The highest BCUT2D eigenvalue weighted by Crippen LogP contribution is 2.30. The van der Waals surface area contributed by atoms with Gasteiger partial charge in [-0.25, -0.2) is 12.8 Å². The van der Waals surface area contributed by atoms with Crippen LogP contribution in [0.2, 0.25) is 0 Å². The number of hydrogen-bond acceptors (Lipinski definition) is 5. The molecule has 0 heterocycles. The minimum absolute atomic E-state index is 0.102. The van der Waals surface area contributed by atoms with Gasteiger partial charge in [-0.2, -0.15) is 5.26 Å². The summed E-state index contributed by atoms with van der Waals surface area (Å²) < 4.78 is 45.9. The number of carbonyl (C=O) groups is 1. The molecule has 3 rings (SSSR count). The lowest BCUT2D eigenvalue weighted by atomic mass is 10.1. The number of ether oxygens (including phenoxy) is 1. The molecule has 9 heteroatoms. The van der Waals surface area contributed by atoms with E-state index in [0.717, 1.165) is 29.8 Å². The average Bonchev–Trinajstić information content (AvgIpc) is 2.78. The number of nitriles is 1. The Morgan fingerprint density at radius 1 is 1.06 bits per heavy atom. The van der Waals surface area contributed by atoms with Crippen molar-refractivity contribution in [1.29, 1.82) is 5.26 Å². The molecule has 3 aromatic rings. The van der Waals surface area contributed by atoms with E-state index in [-0.39, 0.29) is 16.3 Å². The number of hydrogen-bond donors (Lipinski definition) is 2. The Morgan fingerprint density at radius 3 is 2.38 bits per heavy atom. The van der Waals surface area contributed by atoms with Gasteiger partial charge in [-0.3, -0.25) is 9.52 Å². The van der Waals surface area contributed by atoms with E-state index >= 15 is 0 Å². The number of nitrogens with zero attached hydrogens (tertiary/aromatic N) is 1. The molecule has 0 aliphatic rings. The van der Waals surface area contributed by atoms with Crippen molar-refractivity contribution in [2.45, 2.75) is 4.90 Å². The molecule has 32 heavy (non-hydrogen) atoms. The summed E-state index contributed by atoms with van der Waals surface area (Å²) in [5.74, 6) is -0.756. The minimum atomic E-state index is -4.01. The first-order valence-corrected chi connectivity index (χ1v) is 10.7. The van der Waals surface area contributed by atoms with E-state index in [1.807, 2.05) is 6.07 Å². The maximum atomic E-state index is 13.1. The molecular formula is C23H18FN3O4S. The van der Waals surface area contributed by atoms with Crippen LogP contribution >= 0.6 is 0 Å². The monoisotopic (exact) mass is 451 g/mol. The Kier molecular flexibility index (Phi) is 6.87. The maximum absolute atomic E-state index is 13.1. The first kappa shape index (κ1) is 22.5. The van der Waals surface area contributed by atoms with Crippen LogP contribution < -0.4 is 14.8 Å². The van der Waals surface area contributed by atoms with Gasteiger partial charge in [0.15, 0.2) is 0 Å². The smallest absolute Gasteiger partial charge is 0.262 e. The van der Waals surface area contributed by atoms with E-state index in [2.05, 4.69) is 10.0 Å². The minimum Gasteiger partial charge on any atom is -0.495 e. The fraction of sp³-hybridized carbons (Fsp3) is 0.0435. The average molecular weight is 451 g/mol. The van der Waals surface area contributed by atoms with E-state index < -0.39 is 21.7 Å². The van der Waals surface area contributed by atoms with E-state index in [4.69, 9.17) is 10.00 Å². The molecule has 0 bridgehead atoms. The molecule has 0 aromatic heterocycles. The fourth-order valence-electron chi connectivity index (χ4n) is 2.71. The predicted octanol–water partition coefficient (Wildman–Crippen LogP) is 4.16. The summed E-state index contributed by atoms with van der Waals surface area (Å²) in [6.45, 7) is 0. The Labute approximate surface area is 184 Å². The first-order chi connectivity index (χ1) is 15.3. The lowest BCUT2D eigenvalue weighted by Crippen LogP contribution is -2.14. The number of nitrogens with one attached hydrogen (secondary N) is 2. The van der Waals surface area contributed by atoms with Crippen LogP contribution in [-0.2, 0) is 14.8 Å². The van der Waals surface area contributed by atoms with Crippen LogP contribution in [0.1, 0.15) is 11.1 Å². The molecule has 0 unspecified atom stereocenters. The number of sulfonamides is 1. The van der Waals surface area contributed by atoms with Gasteiger partial charge in [0.25, 0.3) is 10.0 Å². The second kappa shape index (κ2) is 9.76. The van der Waals surface area contributed by atoms with Gasteiger partial charge in [0.1, 0.15) is 11.6 Å². The third-order valence-electron chi connectivity index (χ3n) is 4.30. The number of benzene rings is 3. The molecule has 3 aromatic carbocycles. The van der Waals surface area contributed by atoms with Gasteiger partial charge in [-0.1, -0.05) is 12.1 Å². The highest BCUT2D eigenvalue weighted by Gasteiger charge is 2.17. The molecule has 7 nitrogen and oxygen atoms in total. The molecule has 1 amide bonds. The van der Waals surface area contributed by atoms with E-state index in [1.54, 1.807) is 36.4 Å². The van der Waals surface area contributed by atoms with Crippen LogP contribution in [-0.4, -0.2) is 21.4 Å². The summed E-state index contributed by atoms with van der Waals surface area (Å²) >= 11 is 0. The predicted molar refractivity (Wildman–Crippen MR) is 119 cm³/mol. The van der Waals surface area contributed by atoms with Gasteiger partial charge in [0, 0.05) is 11.8 Å². The van der Waals surface area contributed by atoms with Gasteiger partial charge < -0.3 is 10.1 Å². The number of halogens is 1. The second-order valence-corrected chi connectivity index (χ2v) is 8.21.